The molecule has 0 bridgehead atoms. The van der Waals surface area contributed by atoms with Gasteiger partial charge in [-0.1, -0.05) is 19.9 Å². The fourth-order valence-electron chi connectivity index (χ4n) is 3.88. The molecule has 1 aromatic rings. The van der Waals surface area contributed by atoms with Gasteiger partial charge in [0.15, 0.2) is 0 Å². The van der Waals surface area contributed by atoms with Crippen LogP contribution in [0.3, 0.4) is 0 Å². The molecule has 0 spiro atoms. The molecule has 6 heteroatoms. The Morgan fingerprint density at radius 3 is 2.48 bits per heavy atom. The van der Waals surface area contributed by atoms with Crippen LogP contribution in [0.25, 0.3) is 5.70 Å². The Kier molecular flexibility index (Phi) is 7.20. The third kappa shape index (κ3) is 5.03. The molecule has 6 nitrogen and oxygen atoms in total. The van der Waals surface area contributed by atoms with E-state index in [2.05, 4.69) is 48.6 Å². The molecule has 1 N–H and O–H groups in total. The lowest BCUT2D eigenvalue weighted by molar-refractivity contribution is -0.000906. The van der Waals surface area contributed by atoms with E-state index in [9.17, 15) is 4.79 Å². The van der Waals surface area contributed by atoms with Crippen LogP contribution < -0.4 is 10.7 Å². The number of H-pyrrole nitrogens is 1. The number of fused-ring (bicyclic) bond motifs is 1. The lowest BCUT2D eigenvalue weighted by atomic mass is 10.0. The van der Waals surface area contributed by atoms with E-state index < -0.39 is 5.60 Å². The van der Waals surface area contributed by atoms with Gasteiger partial charge in [-0.05, 0) is 59.6 Å². The molecule has 3 heterocycles. The lowest BCUT2D eigenvalue weighted by Crippen LogP contribution is -2.59. The fraction of sp³-hybridized carbons (Fsp3) is 0.652. The van der Waals surface area contributed by atoms with Gasteiger partial charge in [-0.25, -0.2) is 4.79 Å². The van der Waals surface area contributed by atoms with Crippen LogP contribution in [0.2, 0.25) is 0 Å². The number of carbonyl (C=O) groups excluding carboxylic acids is 1. The Bertz CT molecular complexity index is 882. The third-order valence-electron chi connectivity index (χ3n) is 5.21. The second kappa shape index (κ2) is 9.06. The zero-order chi connectivity index (χ0) is 21.9. The van der Waals surface area contributed by atoms with Crippen molar-refractivity contribution >= 4 is 11.8 Å². The molecule has 164 valence electrons. The third-order valence-corrected chi connectivity index (χ3v) is 5.21. The van der Waals surface area contributed by atoms with Gasteiger partial charge in [0.2, 0.25) is 0 Å². The zero-order valence-corrected chi connectivity index (χ0v) is 19.6. The predicted octanol–water partition coefficient (Wildman–Crippen LogP) is 3.61. The van der Waals surface area contributed by atoms with E-state index in [-0.39, 0.29) is 19.6 Å². The Hall–Kier alpha value is -2.24. The van der Waals surface area contributed by atoms with E-state index >= 15 is 0 Å². The van der Waals surface area contributed by atoms with Gasteiger partial charge in [-0.15, -0.1) is 0 Å². The maximum Gasteiger partial charge on any atom is 0.410 e. The van der Waals surface area contributed by atoms with Crippen LogP contribution >= 0.6 is 0 Å². The Balaban J connectivity index is 0.00000146. The number of nitrogens with zero attached hydrogens (tertiary/aromatic N) is 3. The van der Waals surface area contributed by atoms with E-state index in [1.165, 1.54) is 22.1 Å². The van der Waals surface area contributed by atoms with Gasteiger partial charge < -0.3 is 19.5 Å². The van der Waals surface area contributed by atoms with Crippen molar-refractivity contribution in [3.05, 3.63) is 34.1 Å². The normalized spacial score (nSPS) is 22.0. The van der Waals surface area contributed by atoms with Crippen LogP contribution in [0, 0.1) is 6.92 Å². The molecular formula is C23H40N4O2. The van der Waals surface area contributed by atoms with E-state index in [1.54, 1.807) is 0 Å². The topological polar surface area (TPSA) is 60.9 Å². The number of aromatic amines is 1. The van der Waals surface area contributed by atoms with Gasteiger partial charge in [-0.3, -0.25) is 4.99 Å². The van der Waals surface area contributed by atoms with Gasteiger partial charge in [0.05, 0.1) is 12.2 Å². The van der Waals surface area contributed by atoms with Crippen molar-refractivity contribution in [3.8, 4) is 0 Å². The Morgan fingerprint density at radius 1 is 1.21 bits per heavy atom. The van der Waals surface area contributed by atoms with Crippen molar-refractivity contribution in [2.75, 3.05) is 19.6 Å². The zero-order valence-electron chi connectivity index (χ0n) is 19.6. The summed E-state index contributed by atoms with van der Waals surface area (Å²) in [6, 6.07) is 0.256. The van der Waals surface area contributed by atoms with E-state index in [0.29, 0.717) is 13.1 Å². The molecule has 2 aliphatic heterocycles. The SMILES string of the molecule is CC.CC1=CCN=c2[nH]cc(C)c2=C1N1C[C@@H](C)N(C(=O)OC(C)(C)C)C[C@@H]1C.[HH]. The molecule has 0 radical (unpaired) electrons. The summed E-state index contributed by atoms with van der Waals surface area (Å²) in [5, 5.41) is 1.19. The van der Waals surface area contributed by atoms with Gasteiger partial charge >= 0.3 is 6.09 Å². The van der Waals surface area contributed by atoms with E-state index in [0.717, 1.165) is 12.0 Å². The largest absolute Gasteiger partial charge is 0.444 e. The molecule has 1 fully saturated rings. The van der Waals surface area contributed by atoms with Crippen LogP contribution in [0.5, 0.6) is 0 Å². The summed E-state index contributed by atoms with van der Waals surface area (Å²) in [5.41, 5.74) is 4.14. The molecule has 2 atom stereocenters. The number of hydrogen-bond donors (Lipinski definition) is 1. The van der Waals surface area contributed by atoms with Crippen molar-refractivity contribution in [2.45, 2.75) is 80.0 Å². The first-order valence-electron chi connectivity index (χ1n) is 10.7. The number of amides is 1. The average Bonchev–Trinajstić information content (AvgIpc) is 2.90. The maximum absolute atomic E-state index is 12.6. The smallest absolute Gasteiger partial charge is 0.410 e. The van der Waals surface area contributed by atoms with Gasteiger partial charge in [0.1, 0.15) is 11.1 Å². The Morgan fingerprint density at radius 2 is 1.86 bits per heavy atom. The number of rotatable bonds is 1. The number of nitrogens with one attached hydrogen (secondary N) is 1. The van der Waals surface area contributed by atoms with Crippen molar-refractivity contribution in [2.24, 2.45) is 4.99 Å². The summed E-state index contributed by atoms with van der Waals surface area (Å²) in [6.45, 7) is 20.4. The standard InChI is InChI=1S/C21H32N4O2.C2H6.H2/c1-13-8-9-22-19-17(14(2)10-23-19)18(13)24-11-16(4)25(12-15(24)3)20(26)27-21(5,6)7;1-2;/h8,10,15-16H,9,11-12H2,1-7H3,(H,22,23);1-2H3;1H/t15-,16+;;/m0../s1. The van der Waals surface area contributed by atoms with Crippen molar-refractivity contribution < 1.29 is 11.0 Å². The van der Waals surface area contributed by atoms with E-state index in [4.69, 9.17) is 4.74 Å². The quantitative estimate of drug-likeness (QED) is 0.778. The first kappa shape index (κ1) is 23.0. The molecule has 29 heavy (non-hydrogen) atoms. The van der Waals surface area contributed by atoms with Crippen molar-refractivity contribution in [3.63, 3.8) is 0 Å². The van der Waals surface area contributed by atoms with E-state index in [1.807, 2.05) is 45.7 Å². The number of aryl methyl sites for hydroxylation is 1. The predicted molar refractivity (Wildman–Crippen MR) is 120 cm³/mol. The minimum absolute atomic E-state index is 0. The number of carbonyl (C=O) groups is 1. The Labute approximate surface area is 176 Å². The van der Waals surface area contributed by atoms with Crippen LogP contribution in [0.1, 0.15) is 62.4 Å². The van der Waals surface area contributed by atoms with Crippen LogP contribution in [0.4, 0.5) is 4.79 Å². The lowest BCUT2D eigenvalue weighted by Gasteiger charge is -2.46. The number of ether oxygens (including phenoxy) is 1. The fourth-order valence-corrected chi connectivity index (χ4v) is 3.88. The highest BCUT2D eigenvalue weighted by atomic mass is 16.6. The second-order valence-corrected chi connectivity index (χ2v) is 8.75. The van der Waals surface area contributed by atoms with Crippen molar-refractivity contribution in [1.82, 2.24) is 14.8 Å². The molecule has 3 rings (SSSR count). The van der Waals surface area contributed by atoms with Gasteiger partial charge in [-0.2, -0.15) is 0 Å². The molecule has 0 aliphatic carbocycles. The summed E-state index contributed by atoms with van der Waals surface area (Å²) < 4.78 is 5.61. The maximum atomic E-state index is 12.6. The van der Waals surface area contributed by atoms with Crippen LogP contribution in [0.15, 0.2) is 22.8 Å². The number of piperazine rings is 1. The van der Waals surface area contributed by atoms with Crippen molar-refractivity contribution in [1.29, 1.82) is 0 Å². The second-order valence-electron chi connectivity index (χ2n) is 8.75. The molecule has 1 saturated heterocycles. The molecule has 1 amide bonds. The highest BCUT2D eigenvalue weighted by Gasteiger charge is 2.36. The molecule has 1 aromatic heterocycles. The highest BCUT2D eigenvalue weighted by molar-refractivity contribution is 5.69. The summed E-state index contributed by atoms with van der Waals surface area (Å²) in [4.78, 5) is 24.9. The summed E-state index contributed by atoms with van der Waals surface area (Å²) >= 11 is 0. The van der Waals surface area contributed by atoms with Crippen LogP contribution in [-0.2, 0) is 4.74 Å². The average molecular weight is 405 g/mol. The summed E-state index contributed by atoms with van der Waals surface area (Å²) in [7, 11) is 0. The van der Waals surface area contributed by atoms with Gasteiger partial charge in [0.25, 0.3) is 0 Å². The highest BCUT2D eigenvalue weighted by Crippen LogP contribution is 2.26. The molecule has 0 aromatic carbocycles. The monoisotopic (exact) mass is 404 g/mol. The minimum atomic E-state index is -0.481. The van der Waals surface area contributed by atoms with Gasteiger partial charge in [0, 0.05) is 38.0 Å². The molecule has 0 unspecified atom stereocenters. The number of hydrogen-bond acceptors (Lipinski definition) is 4. The first-order valence-corrected chi connectivity index (χ1v) is 10.7. The first-order chi connectivity index (χ1) is 13.6. The summed E-state index contributed by atoms with van der Waals surface area (Å²) in [5.74, 6) is 0. The summed E-state index contributed by atoms with van der Waals surface area (Å²) in [6.07, 6.45) is 3.98. The molecule has 2 aliphatic rings. The minimum Gasteiger partial charge on any atom is -0.444 e. The number of aromatic nitrogens is 1. The van der Waals surface area contributed by atoms with Crippen LogP contribution in [-0.4, -0.2) is 58.2 Å². The molecule has 0 saturated carbocycles. The molecular weight excluding hydrogens is 364 g/mol.